The van der Waals surface area contributed by atoms with Crippen LogP contribution in [0.5, 0.6) is 0 Å². The Morgan fingerprint density at radius 3 is 2.76 bits per heavy atom. The number of nitrogen functional groups attached to an aromatic ring is 1. The van der Waals surface area contributed by atoms with Crippen molar-refractivity contribution >= 4 is 34.3 Å². The summed E-state index contributed by atoms with van der Waals surface area (Å²) in [5.41, 5.74) is 8.82. The topological polar surface area (TPSA) is 38.0 Å². The van der Waals surface area contributed by atoms with Gasteiger partial charge < -0.3 is 11.1 Å². The molecular formula is C13H15ClN2S. The standard InChI is InChI=1S/C13H15ClN2S/c1-9-8-10(2-4-12(9)15)16-7-6-11-3-5-13(14)17-11/h2-5,8,16H,6-7,15H2,1H3. The Hall–Kier alpha value is -1.19. The number of thiophene rings is 1. The minimum atomic E-state index is 0.834. The van der Waals surface area contributed by atoms with Crippen LogP contribution in [0.2, 0.25) is 4.34 Å². The van der Waals surface area contributed by atoms with Crippen LogP contribution in [-0.4, -0.2) is 6.54 Å². The Balaban J connectivity index is 1.87. The highest BCUT2D eigenvalue weighted by atomic mass is 35.5. The van der Waals surface area contributed by atoms with Crippen LogP contribution in [0, 0.1) is 6.92 Å². The van der Waals surface area contributed by atoms with Gasteiger partial charge in [-0.05, 0) is 49.2 Å². The SMILES string of the molecule is Cc1cc(NCCc2ccc(Cl)s2)ccc1N. The summed E-state index contributed by atoms with van der Waals surface area (Å²) < 4.78 is 0.850. The molecule has 0 bridgehead atoms. The molecule has 1 heterocycles. The van der Waals surface area contributed by atoms with Gasteiger partial charge in [0.1, 0.15) is 0 Å². The molecule has 0 radical (unpaired) electrons. The molecule has 0 aliphatic rings. The number of rotatable bonds is 4. The molecule has 90 valence electrons. The molecule has 0 aliphatic heterocycles. The number of halogens is 1. The van der Waals surface area contributed by atoms with Gasteiger partial charge in [0, 0.05) is 22.8 Å². The zero-order valence-corrected chi connectivity index (χ0v) is 11.2. The fraction of sp³-hybridized carbons (Fsp3) is 0.231. The lowest BCUT2D eigenvalue weighted by atomic mass is 10.2. The van der Waals surface area contributed by atoms with E-state index < -0.39 is 0 Å². The second-order valence-corrected chi connectivity index (χ2v) is 5.75. The highest BCUT2D eigenvalue weighted by Gasteiger charge is 1.99. The van der Waals surface area contributed by atoms with Gasteiger partial charge in [0.05, 0.1) is 4.34 Å². The van der Waals surface area contributed by atoms with Crippen LogP contribution in [0.1, 0.15) is 10.4 Å². The molecule has 0 fully saturated rings. The highest BCUT2D eigenvalue weighted by molar-refractivity contribution is 7.16. The van der Waals surface area contributed by atoms with E-state index in [-0.39, 0.29) is 0 Å². The molecule has 0 saturated heterocycles. The summed E-state index contributed by atoms with van der Waals surface area (Å²) in [6.07, 6.45) is 0.987. The molecule has 3 N–H and O–H groups in total. The molecule has 2 nitrogen and oxygen atoms in total. The molecule has 4 heteroatoms. The first-order valence-electron chi connectivity index (χ1n) is 5.49. The smallest absolute Gasteiger partial charge is 0.0931 e. The minimum absolute atomic E-state index is 0.834. The second-order valence-electron chi connectivity index (χ2n) is 3.95. The minimum Gasteiger partial charge on any atom is -0.399 e. The summed E-state index contributed by atoms with van der Waals surface area (Å²) in [6, 6.07) is 10.0. The van der Waals surface area contributed by atoms with Crippen molar-refractivity contribution in [3.8, 4) is 0 Å². The van der Waals surface area contributed by atoms with E-state index in [1.54, 1.807) is 11.3 Å². The van der Waals surface area contributed by atoms with E-state index in [0.717, 1.165) is 34.2 Å². The van der Waals surface area contributed by atoms with Gasteiger partial charge in [-0.15, -0.1) is 11.3 Å². The normalized spacial score (nSPS) is 10.5. The molecule has 1 aromatic carbocycles. The van der Waals surface area contributed by atoms with E-state index in [1.165, 1.54) is 4.88 Å². The van der Waals surface area contributed by atoms with Crippen LogP contribution in [0.3, 0.4) is 0 Å². The third kappa shape index (κ3) is 3.38. The lowest BCUT2D eigenvalue weighted by molar-refractivity contribution is 1.04. The number of hydrogen-bond acceptors (Lipinski definition) is 3. The van der Waals surface area contributed by atoms with Gasteiger partial charge in [0.25, 0.3) is 0 Å². The van der Waals surface area contributed by atoms with Gasteiger partial charge in [-0.1, -0.05) is 11.6 Å². The molecule has 0 saturated carbocycles. The molecule has 17 heavy (non-hydrogen) atoms. The van der Waals surface area contributed by atoms with Crippen LogP contribution in [0.4, 0.5) is 11.4 Å². The molecular weight excluding hydrogens is 252 g/mol. The zero-order valence-electron chi connectivity index (χ0n) is 9.66. The molecule has 0 spiro atoms. The first-order valence-corrected chi connectivity index (χ1v) is 6.69. The molecule has 1 aromatic heterocycles. The zero-order chi connectivity index (χ0) is 12.3. The summed E-state index contributed by atoms with van der Waals surface area (Å²) in [6.45, 7) is 2.92. The van der Waals surface area contributed by atoms with Crippen molar-refractivity contribution in [1.29, 1.82) is 0 Å². The van der Waals surface area contributed by atoms with E-state index >= 15 is 0 Å². The average molecular weight is 267 g/mol. The number of anilines is 2. The molecule has 0 aliphatic carbocycles. The summed E-state index contributed by atoms with van der Waals surface area (Å²) >= 11 is 7.51. The van der Waals surface area contributed by atoms with Gasteiger partial charge in [-0.3, -0.25) is 0 Å². The first-order chi connectivity index (χ1) is 8.15. The summed E-state index contributed by atoms with van der Waals surface area (Å²) in [5.74, 6) is 0. The number of benzene rings is 1. The third-order valence-corrected chi connectivity index (χ3v) is 3.89. The lowest BCUT2D eigenvalue weighted by Gasteiger charge is -2.07. The van der Waals surface area contributed by atoms with Crippen molar-refractivity contribution < 1.29 is 0 Å². The van der Waals surface area contributed by atoms with Gasteiger partial charge in [-0.2, -0.15) is 0 Å². The monoisotopic (exact) mass is 266 g/mol. The van der Waals surface area contributed by atoms with E-state index in [0.29, 0.717) is 0 Å². The predicted octanol–water partition coefficient (Wildman–Crippen LogP) is 3.95. The maximum Gasteiger partial charge on any atom is 0.0931 e. The van der Waals surface area contributed by atoms with Crippen molar-refractivity contribution in [2.45, 2.75) is 13.3 Å². The Kier molecular flexibility index (Phi) is 3.92. The molecule has 2 rings (SSSR count). The van der Waals surface area contributed by atoms with Crippen molar-refractivity contribution in [2.75, 3.05) is 17.6 Å². The van der Waals surface area contributed by atoms with Gasteiger partial charge in [-0.25, -0.2) is 0 Å². The molecule has 2 aromatic rings. The van der Waals surface area contributed by atoms with E-state index in [4.69, 9.17) is 17.3 Å². The van der Waals surface area contributed by atoms with Gasteiger partial charge in [0.15, 0.2) is 0 Å². The Morgan fingerprint density at radius 1 is 1.29 bits per heavy atom. The van der Waals surface area contributed by atoms with Crippen LogP contribution in [0.25, 0.3) is 0 Å². The van der Waals surface area contributed by atoms with E-state index in [1.807, 2.05) is 25.1 Å². The van der Waals surface area contributed by atoms with Crippen molar-refractivity contribution in [3.63, 3.8) is 0 Å². The quantitative estimate of drug-likeness (QED) is 0.823. The van der Waals surface area contributed by atoms with E-state index in [9.17, 15) is 0 Å². The van der Waals surface area contributed by atoms with Crippen LogP contribution in [-0.2, 0) is 6.42 Å². The Labute approximate surface area is 110 Å². The van der Waals surface area contributed by atoms with Gasteiger partial charge in [0.2, 0.25) is 0 Å². The van der Waals surface area contributed by atoms with E-state index in [2.05, 4.69) is 17.4 Å². The Bertz CT molecular complexity index is 508. The fourth-order valence-electron chi connectivity index (χ4n) is 1.60. The Morgan fingerprint density at radius 2 is 2.12 bits per heavy atom. The molecule has 0 unspecified atom stereocenters. The van der Waals surface area contributed by atoms with Crippen LogP contribution >= 0.6 is 22.9 Å². The summed E-state index contributed by atoms with van der Waals surface area (Å²) in [7, 11) is 0. The van der Waals surface area contributed by atoms with Crippen LogP contribution in [0.15, 0.2) is 30.3 Å². The fourth-order valence-corrected chi connectivity index (χ4v) is 2.69. The summed E-state index contributed by atoms with van der Waals surface area (Å²) in [5, 5.41) is 3.38. The predicted molar refractivity (Wildman–Crippen MR) is 77.1 cm³/mol. The first kappa shape index (κ1) is 12.3. The summed E-state index contributed by atoms with van der Waals surface area (Å²) in [4.78, 5) is 1.30. The maximum absolute atomic E-state index is 5.88. The highest BCUT2D eigenvalue weighted by Crippen LogP contribution is 2.22. The molecule has 0 amide bonds. The van der Waals surface area contributed by atoms with Gasteiger partial charge >= 0.3 is 0 Å². The maximum atomic E-state index is 5.88. The second kappa shape index (κ2) is 5.43. The number of hydrogen-bond donors (Lipinski definition) is 2. The van der Waals surface area contributed by atoms with Crippen molar-refractivity contribution in [2.24, 2.45) is 0 Å². The number of aryl methyl sites for hydroxylation is 1. The average Bonchev–Trinajstić information content (AvgIpc) is 2.70. The number of nitrogens with one attached hydrogen (secondary N) is 1. The number of nitrogens with two attached hydrogens (primary N) is 1. The largest absolute Gasteiger partial charge is 0.399 e. The molecule has 0 atom stereocenters. The van der Waals surface area contributed by atoms with Crippen molar-refractivity contribution in [1.82, 2.24) is 0 Å². The third-order valence-electron chi connectivity index (χ3n) is 2.60. The lowest BCUT2D eigenvalue weighted by Crippen LogP contribution is -2.04. The van der Waals surface area contributed by atoms with Crippen molar-refractivity contribution in [3.05, 3.63) is 45.1 Å². The van der Waals surface area contributed by atoms with Crippen LogP contribution < -0.4 is 11.1 Å².